The summed E-state index contributed by atoms with van der Waals surface area (Å²) in [5.41, 5.74) is 1.13. The first-order valence-electron chi connectivity index (χ1n) is 2.90. The number of carbonyl (C=O) groups is 1. The average molecular weight is 137 g/mol. The van der Waals surface area contributed by atoms with Crippen molar-refractivity contribution in [3.63, 3.8) is 0 Å². The van der Waals surface area contributed by atoms with Crippen LogP contribution in [0, 0.1) is 0 Å². The third-order valence-electron chi connectivity index (χ3n) is 1.17. The first-order chi connectivity index (χ1) is 4.88. The molecule has 1 heterocycles. The van der Waals surface area contributed by atoms with E-state index in [2.05, 4.69) is 9.68 Å². The monoisotopic (exact) mass is 137 g/mol. The summed E-state index contributed by atoms with van der Waals surface area (Å²) in [6.45, 7) is 1.78. The highest BCUT2D eigenvalue weighted by molar-refractivity contribution is 6.05. The van der Waals surface area contributed by atoms with Gasteiger partial charge >= 0.3 is 0 Å². The van der Waals surface area contributed by atoms with Crippen LogP contribution in [-0.4, -0.2) is 11.4 Å². The number of allylic oxidation sites excluding steroid dienone is 2. The molecule has 1 rings (SSSR count). The van der Waals surface area contributed by atoms with Gasteiger partial charge in [0.05, 0.1) is 0 Å². The number of hydrogen-bond acceptors (Lipinski definition) is 3. The van der Waals surface area contributed by atoms with E-state index >= 15 is 0 Å². The highest BCUT2D eigenvalue weighted by atomic mass is 16.5. The number of aldehydes is 1. The Bertz CT molecular complexity index is 236. The van der Waals surface area contributed by atoms with Crippen LogP contribution in [0.5, 0.6) is 0 Å². The van der Waals surface area contributed by atoms with Crippen molar-refractivity contribution in [3.8, 4) is 0 Å². The summed E-state index contributed by atoms with van der Waals surface area (Å²) in [6, 6.07) is 1.64. The summed E-state index contributed by atoms with van der Waals surface area (Å²) in [5.74, 6) is 0. The van der Waals surface area contributed by atoms with Crippen LogP contribution < -0.4 is 0 Å². The van der Waals surface area contributed by atoms with E-state index in [0.29, 0.717) is 11.3 Å². The van der Waals surface area contributed by atoms with Gasteiger partial charge in [0.1, 0.15) is 12.0 Å². The molecule has 0 aliphatic heterocycles. The fourth-order valence-electron chi connectivity index (χ4n) is 0.638. The second kappa shape index (κ2) is 2.96. The number of hydrogen-bond donors (Lipinski definition) is 0. The van der Waals surface area contributed by atoms with Gasteiger partial charge < -0.3 is 4.52 Å². The number of carbonyl (C=O) groups excluding carboxylic acids is 1. The molecule has 0 N–H and O–H groups in total. The van der Waals surface area contributed by atoms with Crippen LogP contribution in [0.3, 0.4) is 0 Å². The number of rotatable bonds is 2. The van der Waals surface area contributed by atoms with Crippen LogP contribution in [0.1, 0.15) is 12.6 Å². The molecule has 0 saturated carbocycles. The molecule has 0 aliphatic carbocycles. The van der Waals surface area contributed by atoms with Crippen LogP contribution in [0.2, 0.25) is 0 Å². The lowest BCUT2D eigenvalue weighted by Crippen LogP contribution is -1.83. The fourth-order valence-corrected chi connectivity index (χ4v) is 0.638. The van der Waals surface area contributed by atoms with Gasteiger partial charge in [0.2, 0.25) is 0 Å². The van der Waals surface area contributed by atoms with Gasteiger partial charge in [0, 0.05) is 11.6 Å². The normalized spacial score (nSPS) is 11.5. The molecule has 10 heavy (non-hydrogen) atoms. The highest BCUT2D eigenvalue weighted by Gasteiger charge is 1.99. The Kier molecular flexibility index (Phi) is 1.99. The fraction of sp³-hybridized carbons (Fsp3) is 0.143. The zero-order valence-corrected chi connectivity index (χ0v) is 5.57. The molecule has 52 valence electrons. The second-order valence-electron chi connectivity index (χ2n) is 1.75. The summed E-state index contributed by atoms with van der Waals surface area (Å²) in [7, 11) is 0. The lowest BCUT2D eigenvalue weighted by Gasteiger charge is -1.86. The minimum absolute atomic E-state index is 0.550. The third kappa shape index (κ3) is 1.13. The van der Waals surface area contributed by atoms with Crippen LogP contribution >= 0.6 is 0 Å². The van der Waals surface area contributed by atoms with Gasteiger partial charge in [-0.05, 0) is 6.92 Å². The van der Waals surface area contributed by atoms with Crippen LogP contribution in [0.15, 0.2) is 22.9 Å². The number of nitrogens with zero attached hydrogens (tertiary/aromatic N) is 1. The van der Waals surface area contributed by atoms with E-state index in [-0.39, 0.29) is 0 Å². The van der Waals surface area contributed by atoms with E-state index in [1.165, 1.54) is 6.26 Å². The molecule has 0 saturated heterocycles. The Balaban J connectivity index is 2.95. The summed E-state index contributed by atoms with van der Waals surface area (Å²) in [4.78, 5) is 10.3. The molecular weight excluding hydrogens is 130 g/mol. The molecule has 0 radical (unpaired) electrons. The maximum atomic E-state index is 10.3. The quantitative estimate of drug-likeness (QED) is 0.455. The Morgan fingerprint density at radius 2 is 2.60 bits per heavy atom. The van der Waals surface area contributed by atoms with Crippen molar-refractivity contribution in [2.45, 2.75) is 6.92 Å². The summed E-state index contributed by atoms with van der Waals surface area (Å²) < 4.78 is 4.55. The van der Waals surface area contributed by atoms with E-state index < -0.39 is 0 Å². The predicted molar refractivity (Wildman–Crippen MR) is 36.2 cm³/mol. The second-order valence-corrected chi connectivity index (χ2v) is 1.75. The molecule has 0 bridgehead atoms. The van der Waals surface area contributed by atoms with E-state index in [0.717, 1.165) is 6.29 Å². The molecule has 0 spiro atoms. The van der Waals surface area contributed by atoms with Gasteiger partial charge in [-0.3, -0.25) is 4.79 Å². The summed E-state index contributed by atoms with van der Waals surface area (Å²) in [6.07, 6.45) is 3.87. The summed E-state index contributed by atoms with van der Waals surface area (Å²) >= 11 is 0. The van der Waals surface area contributed by atoms with Crippen LogP contribution in [0.4, 0.5) is 0 Å². The number of aromatic nitrogens is 1. The topological polar surface area (TPSA) is 43.1 Å². The first-order valence-corrected chi connectivity index (χ1v) is 2.90. The SMILES string of the molecule is CC=C(C=O)c1ccon1. The minimum atomic E-state index is 0.550. The molecule has 1 aromatic heterocycles. The molecule has 0 fully saturated rings. The lowest BCUT2D eigenvalue weighted by molar-refractivity contribution is -0.103. The van der Waals surface area contributed by atoms with Crippen LogP contribution in [0.25, 0.3) is 5.57 Å². The molecule has 0 atom stereocenters. The Morgan fingerprint density at radius 1 is 1.80 bits per heavy atom. The van der Waals surface area contributed by atoms with E-state index in [9.17, 15) is 4.79 Å². The maximum Gasteiger partial charge on any atom is 0.152 e. The van der Waals surface area contributed by atoms with Crippen molar-refractivity contribution in [1.82, 2.24) is 5.16 Å². The minimum Gasteiger partial charge on any atom is -0.364 e. The molecule has 3 heteroatoms. The van der Waals surface area contributed by atoms with Gasteiger partial charge in [-0.15, -0.1) is 0 Å². The largest absolute Gasteiger partial charge is 0.364 e. The molecular formula is C7H7NO2. The molecule has 0 amide bonds. The Morgan fingerprint density at radius 3 is 3.00 bits per heavy atom. The van der Waals surface area contributed by atoms with Crippen molar-refractivity contribution in [3.05, 3.63) is 24.1 Å². The van der Waals surface area contributed by atoms with Crippen molar-refractivity contribution >= 4 is 11.9 Å². The standard InChI is InChI=1S/C7H7NO2/c1-2-6(5-9)7-3-4-10-8-7/h2-5H,1H3. The zero-order valence-electron chi connectivity index (χ0n) is 5.57. The first kappa shape index (κ1) is 6.74. The summed E-state index contributed by atoms with van der Waals surface area (Å²) in [5, 5.41) is 3.58. The van der Waals surface area contributed by atoms with Crippen molar-refractivity contribution in [1.29, 1.82) is 0 Å². The van der Waals surface area contributed by atoms with Gasteiger partial charge in [-0.2, -0.15) is 0 Å². The van der Waals surface area contributed by atoms with Gasteiger partial charge in [0.15, 0.2) is 6.29 Å². The molecule has 0 aliphatic rings. The highest BCUT2D eigenvalue weighted by Crippen LogP contribution is 2.07. The molecule has 1 aromatic rings. The Hall–Kier alpha value is -1.38. The lowest BCUT2D eigenvalue weighted by atomic mass is 10.2. The molecule has 0 aromatic carbocycles. The zero-order chi connectivity index (χ0) is 7.40. The van der Waals surface area contributed by atoms with Crippen molar-refractivity contribution in [2.75, 3.05) is 0 Å². The maximum absolute atomic E-state index is 10.3. The van der Waals surface area contributed by atoms with E-state index in [1.807, 2.05) is 0 Å². The van der Waals surface area contributed by atoms with Crippen LogP contribution in [-0.2, 0) is 4.79 Å². The Labute approximate surface area is 58.3 Å². The van der Waals surface area contributed by atoms with Gasteiger partial charge in [-0.1, -0.05) is 11.2 Å². The van der Waals surface area contributed by atoms with E-state index in [4.69, 9.17) is 0 Å². The predicted octanol–water partition coefficient (Wildman–Crippen LogP) is 1.28. The van der Waals surface area contributed by atoms with Gasteiger partial charge in [-0.25, -0.2) is 0 Å². The van der Waals surface area contributed by atoms with Crippen molar-refractivity contribution in [2.24, 2.45) is 0 Å². The molecule has 0 unspecified atom stereocenters. The smallest absolute Gasteiger partial charge is 0.152 e. The van der Waals surface area contributed by atoms with Gasteiger partial charge in [0.25, 0.3) is 0 Å². The van der Waals surface area contributed by atoms with Crippen molar-refractivity contribution < 1.29 is 9.32 Å². The molecule has 3 nitrogen and oxygen atoms in total. The third-order valence-corrected chi connectivity index (χ3v) is 1.17. The average Bonchev–Trinajstić information content (AvgIpc) is 2.43. The van der Waals surface area contributed by atoms with E-state index in [1.54, 1.807) is 19.1 Å².